The van der Waals surface area contributed by atoms with Crippen LogP contribution in [-0.4, -0.2) is 17.3 Å². The lowest BCUT2D eigenvalue weighted by Gasteiger charge is -2.34. The summed E-state index contributed by atoms with van der Waals surface area (Å²) in [4.78, 5) is 6.75. The minimum absolute atomic E-state index is 0.308. The number of nitrogens with zero attached hydrogens (tertiary/aromatic N) is 2. The standard InChI is InChI=1S/C12H12ClFN2/c13-10-5-8(14)6-11-9(10)7-16-4-2-1-3-12(16)15-11/h5-6H,1-4,7H2. The molecule has 1 aromatic rings. The van der Waals surface area contributed by atoms with Gasteiger partial charge in [-0.2, -0.15) is 0 Å². The van der Waals surface area contributed by atoms with E-state index in [0.29, 0.717) is 10.7 Å². The largest absolute Gasteiger partial charge is 0.356 e. The highest BCUT2D eigenvalue weighted by atomic mass is 35.5. The van der Waals surface area contributed by atoms with Crippen LogP contribution in [0.5, 0.6) is 0 Å². The van der Waals surface area contributed by atoms with Gasteiger partial charge in [0.15, 0.2) is 0 Å². The second kappa shape index (κ2) is 3.74. The molecule has 0 spiro atoms. The molecule has 0 atom stereocenters. The molecule has 1 aromatic carbocycles. The lowest BCUT2D eigenvalue weighted by molar-refractivity contribution is 0.359. The van der Waals surface area contributed by atoms with Gasteiger partial charge in [0.25, 0.3) is 0 Å². The van der Waals surface area contributed by atoms with Crippen LogP contribution < -0.4 is 0 Å². The number of fused-ring (bicyclic) bond motifs is 2. The Morgan fingerprint density at radius 3 is 3.06 bits per heavy atom. The number of piperidine rings is 1. The molecule has 1 saturated heterocycles. The fraction of sp³-hybridized carbons (Fsp3) is 0.417. The summed E-state index contributed by atoms with van der Waals surface area (Å²) in [6.07, 6.45) is 3.37. The van der Waals surface area contributed by atoms with Crippen molar-refractivity contribution in [2.75, 3.05) is 6.54 Å². The summed E-state index contributed by atoms with van der Waals surface area (Å²) in [7, 11) is 0. The van der Waals surface area contributed by atoms with E-state index >= 15 is 0 Å². The summed E-state index contributed by atoms with van der Waals surface area (Å²) >= 11 is 6.04. The minimum Gasteiger partial charge on any atom is -0.356 e. The van der Waals surface area contributed by atoms with Gasteiger partial charge in [-0.1, -0.05) is 11.6 Å². The Morgan fingerprint density at radius 2 is 2.19 bits per heavy atom. The number of hydrogen-bond acceptors (Lipinski definition) is 2. The van der Waals surface area contributed by atoms with Crippen molar-refractivity contribution >= 4 is 23.1 Å². The highest BCUT2D eigenvalue weighted by Crippen LogP contribution is 2.34. The molecule has 0 N–H and O–H groups in total. The number of amidine groups is 1. The van der Waals surface area contributed by atoms with Gasteiger partial charge in [0.2, 0.25) is 0 Å². The van der Waals surface area contributed by atoms with Crippen molar-refractivity contribution in [3.63, 3.8) is 0 Å². The summed E-state index contributed by atoms with van der Waals surface area (Å²) in [6, 6.07) is 2.84. The predicted molar refractivity (Wildman–Crippen MR) is 62.8 cm³/mol. The average Bonchev–Trinajstić information content (AvgIpc) is 2.27. The van der Waals surface area contributed by atoms with Crippen molar-refractivity contribution in [3.8, 4) is 0 Å². The molecule has 2 heterocycles. The molecular weight excluding hydrogens is 227 g/mol. The smallest absolute Gasteiger partial charge is 0.126 e. The molecule has 2 aliphatic rings. The first-order valence-corrected chi connectivity index (χ1v) is 5.92. The number of aliphatic imine (C=N–C) groups is 1. The van der Waals surface area contributed by atoms with Crippen molar-refractivity contribution in [1.29, 1.82) is 0 Å². The van der Waals surface area contributed by atoms with Gasteiger partial charge in [-0.25, -0.2) is 9.38 Å². The molecular formula is C12H12ClFN2. The Labute approximate surface area is 98.7 Å². The summed E-state index contributed by atoms with van der Waals surface area (Å²) in [5.74, 6) is 0.776. The number of rotatable bonds is 0. The lowest BCUT2D eigenvalue weighted by Crippen LogP contribution is -2.36. The van der Waals surface area contributed by atoms with Gasteiger partial charge < -0.3 is 4.90 Å². The molecule has 0 aliphatic carbocycles. The summed E-state index contributed by atoms with van der Waals surface area (Å²) < 4.78 is 13.2. The average molecular weight is 239 g/mol. The predicted octanol–water partition coefficient (Wildman–Crippen LogP) is 3.51. The monoisotopic (exact) mass is 238 g/mol. The topological polar surface area (TPSA) is 15.6 Å². The Hall–Kier alpha value is -1.09. The van der Waals surface area contributed by atoms with Crippen LogP contribution in [0.1, 0.15) is 24.8 Å². The molecule has 16 heavy (non-hydrogen) atoms. The maximum absolute atomic E-state index is 13.2. The Balaban J connectivity index is 2.09. The first kappa shape index (κ1) is 10.1. The van der Waals surface area contributed by atoms with Gasteiger partial charge in [-0.3, -0.25) is 0 Å². The van der Waals surface area contributed by atoms with E-state index in [0.717, 1.165) is 30.9 Å². The van der Waals surface area contributed by atoms with Gasteiger partial charge in [0, 0.05) is 31.1 Å². The zero-order valence-corrected chi connectivity index (χ0v) is 9.60. The SMILES string of the molecule is Fc1cc(Cl)c2c(c1)N=C1CCCCN1C2. The molecule has 84 valence electrons. The second-order valence-corrected chi connectivity index (χ2v) is 4.70. The van der Waals surface area contributed by atoms with Gasteiger partial charge >= 0.3 is 0 Å². The van der Waals surface area contributed by atoms with Crippen LogP contribution in [0, 0.1) is 5.82 Å². The van der Waals surface area contributed by atoms with Crippen molar-refractivity contribution in [1.82, 2.24) is 4.90 Å². The lowest BCUT2D eigenvalue weighted by atomic mass is 10.0. The maximum Gasteiger partial charge on any atom is 0.126 e. The molecule has 2 aliphatic heterocycles. The third-order valence-corrected chi connectivity index (χ3v) is 3.52. The van der Waals surface area contributed by atoms with E-state index in [-0.39, 0.29) is 5.82 Å². The molecule has 0 amide bonds. The molecule has 0 saturated carbocycles. The number of benzene rings is 1. The van der Waals surface area contributed by atoms with E-state index in [9.17, 15) is 4.39 Å². The Bertz CT molecular complexity index is 470. The fourth-order valence-corrected chi connectivity index (χ4v) is 2.61. The van der Waals surface area contributed by atoms with E-state index in [1.807, 2.05) is 0 Å². The Morgan fingerprint density at radius 1 is 1.31 bits per heavy atom. The normalized spacial score (nSPS) is 18.9. The maximum atomic E-state index is 13.2. The zero-order chi connectivity index (χ0) is 11.1. The van der Waals surface area contributed by atoms with Crippen LogP contribution in [0.25, 0.3) is 0 Å². The van der Waals surface area contributed by atoms with E-state index in [4.69, 9.17) is 11.6 Å². The van der Waals surface area contributed by atoms with Gasteiger partial charge in [0.1, 0.15) is 11.7 Å². The van der Waals surface area contributed by atoms with Crippen molar-refractivity contribution in [2.45, 2.75) is 25.8 Å². The van der Waals surface area contributed by atoms with Gasteiger partial charge in [0.05, 0.1) is 10.7 Å². The molecule has 1 fully saturated rings. The van der Waals surface area contributed by atoms with E-state index in [2.05, 4.69) is 9.89 Å². The van der Waals surface area contributed by atoms with Crippen LogP contribution in [0.3, 0.4) is 0 Å². The van der Waals surface area contributed by atoms with E-state index in [1.54, 1.807) is 0 Å². The fourth-order valence-electron chi connectivity index (χ4n) is 2.35. The first-order chi connectivity index (χ1) is 7.74. The van der Waals surface area contributed by atoms with E-state index < -0.39 is 0 Å². The first-order valence-electron chi connectivity index (χ1n) is 5.54. The highest BCUT2D eigenvalue weighted by molar-refractivity contribution is 6.31. The zero-order valence-electron chi connectivity index (χ0n) is 8.84. The second-order valence-electron chi connectivity index (χ2n) is 4.29. The quantitative estimate of drug-likeness (QED) is 0.675. The van der Waals surface area contributed by atoms with Crippen LogP contribution >= 0.6 is 11.6 Å². The van der Waals surface area contributed by atoms with Crippen molar-refractivity contribution in [2.24, 2.45) is 4.99 Å². The van der Waals surface area contributed by atoms with Crippen LogP contribution in [0.15, 0.2) is 17.1 Å². The van der Waals surface area contributed by atoms with E-state index in [1.165, 1.54) is 25.0 Å². The number of halogens is 2. The molecule has 0 radical (unpaired) electrons. The third-order valence-electron chi connectivity index (χ3n) is 3.18. The molecule has 4 heteroatoms. The third kappa shape index (κ3) is 1.59. The molecule has 0 aromatic heterocycles. The van der Waals surface area contributed by atoms with Crippen LogP contribution in [-0.2, 0) is 6.54 Å². The van der Waals surface area contributed by atoms with Gasteiger partial charge in [-0.15, -0.1) is 0 Å². The van der Waals surface area contributed by atoms with Crippen molar-refractivity contribution in [3.05, 3.63) is 28.5 Å². The minimum atomic E-state index is -0.308. The molecule has 3 rings (SSSR count). The van der Waals surface area contributed by atoms with Crippen LogP contribution in [0.2, 0.25) is 5.02 Å². The van der Waals surface area contributed by atoms with Crippen molar-refractivity contribution < 1.29 is 4.39 Å². The summed E-state index contributed by atoms with van der Waals surface area (Å²) in [5, 5.41) is 0.489. The summed E-state index contributed by atoms with van der Waals surface area (Å²) in [5.41, 5.74) is 1.66. The number of hydrogen-bond donors (Lipinski definition) is 0. The molecule has 0 bridgehead atoms. The molecule has 0 unspecified atom stereocenters. The summed E-state index contributed by atoms with van der Waals surface area (Å²) in [6.45, 7) is 1.80. The van der Waals surface area contributed by atoms with Gasteiger partial charge in [-0.05, 0) is 18.9 Å². The Kier molecular flexibility index (Phi) is 2.36. The van der Waals surface area contributed by atoms with Crippen LogP contribution in [0.4, 0.5) is 10.1 Å². The molecule has 2 nitrogen and oxygen atoms in total. The highest BCUT2D eigenvalue weighted by Gasteiger charge is 2.24.